The lowest BCUT2D eigenvalue weighted by atomic mass is 9.72. The van der Waals surface area contributed by atoms with Gasteiger partial charge in [-0.05, 0) is 85.0 Å². The van der Waals surface area contributed by atoms with Crippen LogP contribution < -0.4 is 4.90 Å². The molecule has 9 heteroatoms. The van der Waals surface area contributed by atoms with Crippen LogP contribution in [0.15, 0.2) is 42.7 Å². The summed E-state index contributed by atoms with van der Waals surface area (Å²) in [5.41, 5.74) is 1.70. The zero-order valence-corrected chi connectivity index (χ0v) is 22.4. The Balaban J connectivity index is 1.33. The van der Waals surface area contributed by atoms with Crippen LogP contribution in [0.4, 0.5) is 18.9 Å². The third kappa shape index (κ3) is 4.97. The molecule has 1 aromatic heterocycles. The van der Waals surface area contributed by atoms with E-state index < -0.39 is 11.7 Å². The molecule has 3 aromatic rings. The molecule has 0 radical (unpaired) electrons. The predicted octanol–water partition coefficient (Wildman–Crippen LogP) is 6.16. The number of nitrogens with zero attached hydrogens (tertiary/aromatic N) is 5. The molecule has 3 heterocycles. The molecule has 39 heavy (non-hydrogen) atoms. The zero-order valence-electron chi connectivity index (χ0n) is 22.4. The number of hydrogen-bond acceptors (Lipinski definition) is 4. The Kier molecular flexibility index (Phi) is 6.73. The molecule has 1 saturated heterocycles. The quantitative estimate of drug-likeness (QED) is 0.378. The van der Waals surface area contributed by atoms with Crippen LogP contribution in [0.2, 0.25) is 0 Å². The summed E-state index contributed by atoms with van der Waals surface area (Å²) >= 11 is 0. The Hall–Kier alpha value is -3.20. The van der Waals surface area contributed by atoms with Gasteiger partial charge in [0, 0.05) is 37.3 Å². The van der Waals surface area contributed by atoms with Gasteiger partial charge in [0.15, 0.2) is 0 Å². The van der Waals surface area contributed by atoms with Crippen molar-refractivity contribution in [3.63, 3.8) is 0 Å². The Morgan fingerprint density at radius 3 is 2.59 bits per heavy atom. The number of likely N-dealkylation sites (tertiary alicyclic amines) is 1. The van der Waals surface area contributed by atoms with Crippen LogP contribution in [0.5, 0.6) is 0 Å². The van der Waals surface area contributed by atoms with Gasteiger partial charge in [-0.15, -0.1) is 10.2 Å². The monoisotopic (exact) mass is 537 g/mol. The van der Waals surface area contributed by atoms with Crippen molar-refractivity contribution >= 4 is 11.6 Å². The maximum atomic E-state index is 14.3. The summed E-state index contributed by atoms with van der Waals surface area (Å²) in [4.78, 5) is 17.3. The maximum absolute atomic E-state index is 14.3. The van der Waals surface area contributed by atoms with E-state index in [-0.39, 0.29) is 29.5 Å². The first-order valence-electron chi connectivity index (χ1n) is 13.9. The Labute approximate surface area is 226 Å². The van der Waals surface area contributed by atoms with Crippen LogP contribution in [0.3, 0.4) is 0 Å². The molecule has 6 rings (SSSR count). The van der Waals surface area contributed by atoms with E-state index in [9.17, 15) is 18.0 Å². The lowest BCUT2D eigenvalue weighted by molar-refractivity contribution is -0.138. The number of anilines is 1. The van der Waals surface area contributed by atoms with E-state index in [0.717, 1.165) is 56.6 Å². The Bertz CT molecular complexity index is 1380. The minimum atomic E-state index is -4.53. The topological polar surface area (TPSA) is 54.3 Å². The number of alkyl halides is 3. The van der Waals surface area contributed by atoms with E-state index in [4.69, 9.17) is 0 Å². The number of carbonyl (C=O) groups is 1. The molecule has 0 spiro atoms. The van der Waals surface area contributed by atoms with Gasteiger partial charge in [0.25, 0.3) is 5.91 Å². The number of aryl methyl sites for hydroxylation is 1. The van der Waals surface area contributed by atoms with Gasteiger partial charge in [0.2, 0.25) is 0 Å². The number of rotatable bonds is 6. The van der Waals surface area contributed by atoms with Gasteiger partial charge in [-0.1, -0.05) is 25.5 Å². The van der Waals surface area contributed by atoms with Crippen molar-refractivity contribution < 1.29 is 18.0 Å². The Morgan fingerprint density at radius 2 is 1.92 bits per heavy atom. The first-order valence-corrected chi connectivity index (χ1v) is 13.9. The average molecular weight is 538 g/mol. The number of halogens is 3. The molecule has 2 fully saturated rings. The summed E-state index contributed by atoms with van der Waals surface area (Å²) in [7, 11) is 1.92. The van der Waals surface area contributed by atoms with Crippen molar-refractivity contribution in [1.82, 2.24) is 19.7 Å². The lowest BCUT2D eigenvalue weighted by Crippen LogP contribution is -2.33. The zero-order chi connectivity index (χ0) is 27.3. The van der Waals surface area contributed by atoms with E-state index in [2.05, 4.69) is 22.0 Å². The van der Waals surface area contributed by atoms with Crippen molar-refractivity contribution in [3.8, 4) is 0 Å². The number of aromatic nitrogens is 3. The maximum Gasteiger partial charge on any atom is 0.416 e. The minimum absolute atomic E-state index is 0.0237. The van der Waals surface area contributed by atoms with E-state index in [0.29, 0.717) is 29.6 Å². The number of piperidine rings is 1. The molecule has 1 saturated carbocycles. The molecule has 0 bridgehead atoms. The van der Waals surface area contributed by atoms with E-state index in [1.807, 2.05) is 35.9 Å². The highest BCUT2D eigenvalue weighted by Gasteiger charge is 2.41. The summed E-state index contributed by atoms with van der Waals surface area (Å²) in [5, 5.41) is 8.45. The van der Waals surface area contributed by atoms with Gasteiger partial charge in [-0.2, -0.15) is 13.2 Å². The fourth-order valence-corrected chi connectivity index (χ4v) is 6.57. The standard InChI is InChI=1S/C30H34F3N5O/c1-19-6-5-11-37(15-19)16-20-12-24-25(26(13-20)30(31,32)33)17-38(29(24)39)23-10-4-9-22(14-23)27(21-7-3-8-21)28-35-34-18-36(28)2/h4,9-10,12-14,18-19,21,27H,3,5-8,11,15-17H2,1-2H3/t19-,27-/m0/s1. The number of amides is 1. The van der Waals surface area contributed by atoms with Crippen LogP contribution >= 0.6 is 0 Å². The molecular formula is C30H34F3N5O. The van der Waals surface area contributed by atoms with Crippen LogP contribution in [-0.2, 0) is 26.3 Å². The van der Waals surface area contributed by atoms with Crippen LogP contribution in [0.1, 0.15) is 83.4 Å². The summed E-state index contributed by atoms with van der Waals surface area (Å²) in [6.45, 7) is 4.23. The second kappa shape index (κ2) is 10.1. The molecule has 6 nitrogen and oxygen atoms in total. The SMILES string of the molecule is C[C@H]1CCCN(Cc2cc3c(c(C(F)(F)F)c2)CN(c2cccc([C@@H](c4nncn4C)C4CCC4)c2)C3=O)C1. The number of carbonyl (C=O) groups excluding carboxylic acids is 1. The normalized spacial score (nSPS) is 21.2. The lowest BCUT2D eigenvalue weighted by Gasteiger charge is -2.33. The van der Waals surface area contributed by atoms with E-state index in [1.165, 1.54) is 11.0 Å². The number of hydrogen-bond donors (Lipinski definition) is 0. The summed E-state index contributed by atoms with van der Waals surface area (Å²) < 4.78 is 44.7. The van der Waals surface area contributed by atoms with Crippen LogP contribution in [0.25, 0.3) is 0 Å². The van der Waals surface area contributed by atoms with Crippen LogP contribution in [0, 0.1) is 11.8 Å². The van der Waals surface area contributed by atoms with Gasteiger partial charge in [-0.25, -0.2) is 0 Å². The smallest absolute Gasteiger partial charge is 0.320 e. The summed E-state index contributed by atoms with van der Waals surface area (Å²) in [6.07, 6.45) is 2.67. The first-order chi connectivity index (χ1) is 18.7. The van der Waals surface area contributed by atoms with Gasteiger partial charge in [-0.3, -0.25) is 9.69 Å². The molecule has 1 amide bonds. The highest BCUT2D eigenvalue weighted by atomic mass is 19.4. The van der Waals surface area contributed by atoms with E-state index in [1.54, 1.807) is 12.4 Å². The second-order valence-corrected chi connectivity index (χ2v) is 11.6. The first kappa shape index (κ1) is 26.0. The average Bonchev–Trinajstić information content (AvgIpc) is 3.43. The molecule has 0 unspecified atom stereocenters. The van der Waals surface area contributed by atoms with E-state index >= 15 is 0 Å². The van der Waals surface area contributed by atoms with Crippen molar-refractivity contribution in [2.75, 3.05) is 18.0 Å². The fraction of sp³-hybridized carbons (Fsp3) is 0.500. The minimum Gasteiger partial charge on any atom is -0.320 e. The van der Waals surface area contributed by atoms with Crippen molar-refractivity contribution in [1.29, 1.82) is 0 Å². The van der Waals surface area contributed by atoms with Crippen LogP contribution in [-0.4, -0.2) is 38.7 Å². The molecule has 206 valence electrons. The van der Waals surface area contributed by atoms with Crippen molar-refractivity contribution in [3.05, 3.63) is 76.4 Å². The molecule has 2 atom stereocenters. The molecule has 2 aromatic carbocycles. The van der Waals surface area contributed by atoms with Crippen molar-refractivity contribution in [2.24, 2.45) is 18.9 Å². The van der Waals surface area contributed by atoms with Crippen molar-refractivity contribution in [2.45, 2.75) is 64.2 Å². The Morgan fingerprint density at radius 1 is 1.10 bits per heavy atom. The third-order valence-corrected chi connectivity index (χ3v) is 8.74. The second-order valence-electron chi connectivity index (χ2n) is 11.6. The molecule has 3 aliphatic rings. The molecule has 0 N–H and O–H groups in total. The van der Waals surface area contributed by atoms with Gasteiger partial charge in [0.05, 0.1) is 12.1 Å². The predicted molar refractivity (Wildman–Crippen MR) is 142 cm³/mol. The third-order valence-electron chi connectivity index (χ3n) is 8.74. The molecular weight excluding hydrogens is 503 g/mol. The fourth-order valence-electron chi connectivity index (χ4n) is 6.57. The number of benzene rings is 2. The van der Waals surface area contributed by atoms with Gasteiger partial charge >= 0.3 is 6.18 Å². The highest BCUT2D eigenvalue weighted by Crippen LogP contribution is 2.44. The molecule has 2 aliphatic heterocycles. The highest BCUT2D eigenvalue weighted by molar-refractivity contribution is 6.10. The van der Waals surface area contributed by atoms with Gasteiger partial charge < -0.3 is 9.47 Å². The summed E-state index contributed by atoms with van der Waals surface area (Å²) in [6, 6.07) is 10.6. The van der Waals surface area contributed by atoms with Gasteiger partial charge in [0.1, 0.15) is 12.2 Å². The number of fused-ring (bicyclic) bond motifs is 1. The molecule has 1 aliphatic carbocycles. The summed E-state index contributed by atoms with van der Waals surface area (Å²) in [5.74, 6) is 1.45. The largest absolute Gasteiger partial charge is 0.416 e.